The average Bonchev–Trinajstić information content (AvgIpc) is 3.05. The van der Waals surface area contributed by atoms with Crippen molar-refractivity contribution in [2.45, 2.75) is 42.7 Å². The third kappa shape index (κ3) is 9.92. The van der Waals surface area contributed by atoms with Crippen LogP contribution in [0.2, 0.25) is 5.02 Å². The second kappa shape index (κ2) is 17.3. The Hall–Kier alpha value is -3.66. The number of piperidine rings is 1. The number of nitro benzene ring substituents is 1. The van der Waals surface area contributed by atoms with Gasteiger partial charge in [-0.1, -0.05) is 47.9 Å². The van der Waals surface area contributed by atoms with E-state index in [9.17, 15) is 23.3 Å². The number of terminal acetylenes is 1. The van der Waals surface area contributed by atoms with Crippen LogP contribution in [-0.4, -0.2) is 79.4 Å². The van der Waals surface area contributed by atoms with Gasteiger partial charge in [0.05, 0.1) is 16.4 Å². The Kier molecular flexibility index (Phi) is 13.9. The van der Waals surface area contributed by atoms with E-state index >= 15 is 0 Å². The Morgan fingerprint density at radius 1 is 1.11 bits per heavy atom. The van der Waals surface area contributed by atoms with Crippen molar-refractivity contribution >= 4 is 45.8 Å². The summed E-state index contributed by atoms with van der Waals surface area (Å²) in [4.78, 5) is 27.5. The Labute approximate surface area is 281 Å². The predicted octanol–water partition coefficient (Wildman–Crippen LogP) is 6.20. The lowest BCUT2D eigenvalue weighted by Gasteiger charge is -2.37. The number of ether oxygens (including phenoxy) is 1. The lowest BCUT2D eigenvalue weighted by molar-refractivity contribution is -0.384. The van der Waals surface area contributed by atoms with Gasteiger partial charge in [-0.2, -0.15) is 0 Å². The summed E-state index contributed by atoms with van der Waals surface area (Å²) in [5, 5.41) is 11.5. The first-order valence-corrected chi connectivity index (χ1v) is 16.5. The smallest absolute Gasteiger partial charge is 0.411 e. The van der Waals surface area contributed by atoms with Gasteiger partial charge in [0.25, 0.3) is 5.69 Å². The molecular weight excluding hydrogens is 651 g/mol. The summed E-state index contributed by atoms with van der Waals surface area (Å²) >= 11 is 6.31. The summed E-state index contributed by atoms with van der Waals surface area (Å²) in [7, 11) is -2.06. The number of likely N-dealkylation sites (N-methyl/N-ethyl adjacent to an activating group) is 1. The molecule has 46 heavy (non-hydrogen) atoms. The minimum Gasteiger partial charge on any atom is -0.445 e. The van der Waals surface area contributed by atoms with Gasteiger partial charge in [0.1, 0.15) is 6.61 Å². The highest BCUT2D eigenvalue weighted by atomic mass is 35.5. The largest absolute Gasteiger partial charge is 0.445 e. The predicted molar refractivity (Wildman–Crippen MR) is 181 cm³/mol. The van der Waals surface area contributed by atoms with E-state index in [1.807, 2.05) is 18.2 Å². The molecule has 1 aliphatic rings. The highest BCUT2D eigenvalue weighted by molar-refractivity contribution is 7.89. The van der Waals surface area contributed by atoms with Crippen LogP contribution in [-0.2, 0) is 21.4 Å². The third-order valence-electron chi connectivity index (χ3n) is 8.05. The fourth-order valence-electron chi connectivity index (χ4n) is 5.48. The molecule has 1 saturated heterocycles. The van der Waals surface area contributed by atoms with Crippen molar-refractivity contribution in [3.8, 4) is 12.3 Å². The molecule has 1 atom stereocenters. The number of sulfonamides is 1. The number of benzene rings is 3. The van der Waals surface area contributed by atoms with Crippen LogP contribution >= 0.6 is 24.0 Å². The summed E-state index contributed by atoms with van der Waals surface area (Å²) in [6.07, 6.45) is 7.18. The molecule has 0 spiro atoms. The van der Waals surface area contributed by atoms with Gasteiger partial charge in [-0.15, -0.1) is 18.8 Å². The van der Waals surface area contributed by atoms with Gasteiger partial charge < -0.3 is 9.64 Å². The number of hydrogen-bond acceptors (Lipinski definition) is 7. The van der Waals surface area contributed by atoms with Gasteiger partial charge >= 0.3 is 6.09 Å². The van der Waals surface area contributed by atoms with Crippen LogP contribution in [0, 0.1) is 22.5 Å². The number of hydrogen-bond donors (Lipinski definition) is 0. The summed E-state index contributed by atoms with van der Waals surface area (Å²) in [5.74, 6) is 2.47. The monoisotopic (exact) mass is 688 g/mol. The zero-order chi connectivity index (χ0) is 32.4. The highest BCUT2D eigenvalue weighted by Crippen LogP contribution is 2.27. The molecule has 1 aliphatic heterocycles. The van der Waals surface area contributed by atoms with E-state index in [-0.39, 0.29) is 48.1 Å². The van der Waals surface area contributed by atoms with Gasteiger partial charge in [-0.3, -0.25) is 15.0 Å². The Morgan fingerprint density at radius 2 is 1.78 bits per heavy atom. The normalized spacial score (nSPS) is 14.6. The maximum absolute atomic E-state index is 13.3. The molecule has 0 radical (unpaired) electrons. The van der Waals surface area contributed by atoms with Crippen LogP contribution in [0.15, 0.2) is 83.8 Å². The van der Waals surface area contributed by atoms with Gasteiger partial charge in [0, 0.05) is 49.9 Å². The number of carbonyl (C=O) groups excluding carboxylic acids is 1. The standard InChI is InChI=1S/C33H37ClN4O6S.ClH/c1-3-19-37(33(39)44-25-26-12-14-31(15-13-26)38(40)41)30-17-21-36(22-18-30)20-16-28(27-8-7-9-29(34)23-27)24-35(2)45(42,43)32-10-5-4-6-11-32;/h1,4-15,23,28,30H,16-22,24-25H2,2H3;1H/t28-;/m1./s1. The van der Waals surface area contributed by atoms with Gasteiger partial charge in [-0.25, -0.2) is 17.5 Å². The molecule has 0 aromatic heterocycles. The number of nitro groups is 1. The average molecular weight is 690 g/mol. The van der Waals surface area contributed by atoms with Crippen LogP contribution in [0.25, 0.3) is 0 Å². The van der Waals surface area contributed by atoms with E-state index in [0.29, 0.717) is 36.4 Å². The van der Waals surface area contributed by atoms with Crippen molar-refractivity contribution in [1.82, 2.24) is 14.1 Å². The number of halogens is 2. The SMILES string of the molecule is C#CCN(C(=O)OCc1ccc([N+](=O)[O-])cc1)C1CCN(CC[C@H](CN(C)S(=O)(=O)c2ccccc2)c2cccc(Cl)c2)CC1.Cl. The van der Waals surface area contributed by atoms with Crippen LogP contribution < -0.4 is 0 Å². The highest BCUT2D eigenvalue weighted by Gasteiger charge is 2.30. The van der Waals surface area contributed by atoms with Crippen molar-refractivity contribution in [3.05, 3.63) is 105 Å². The molecule has 246 valence electrons. The summed E-state index contributed by atoms with van der Waals surface area (Å²) in [6.45, 7) is 2.61. The van der Waals surface area contributed by atoms with Gasteiger partial charge in [-0.05, 0) is 79.3 Å². The fraction of sp³-hybridized carbons (Fsp3) is 0.364. The van der Waals surface area contributed by atoms with Crippen LogP contribution in [0.1, 0.15) is 36.3 Å². The molecule has 13 heteroatoms. The fourth-order valence-corrected chi connectivity index (χ4v) is 6.92. The van der Waals surface area contributed by atoms with Crippen molar-refractivity contribution in [2.24, 2.45) is 0 Å². The number of carbonyl (C=O) groups is 1. The van der Waals surface area contributed by atoms with Crippen molar-refractivity contribution in [3.63, 3.8) is 0 Å². The van der Waals surface area contributed by atoms with E-state index in [1.54, 1.807) is 60.5 Å². The topological polar surface area (TPSA) is 113 Å². The van der Waals surface area contributed by atoms with E-state index in [0.717, 1.165) is 25.2 Å². The second-order valence-electron chi connectivity index (χ2n) is 11.0. The first-order chi connectivity index (χ1) is 21.6. The Balaban J connectivity index is 0.00000576. The number of nitrogens with zero attached hydrogens (tertiary/aromatic N) is 4. The molecule has 3 aromatic rings. The van der Waals surface area contributed by atoms with E-state index in [2.05, 4.69) is 10.8 Å². The van der Waals surface area contributed by atoms with E-state index < -0.39 is 21.0 Å². The lowest BCUT2D eigenvalue weighted by Crippen LogP contribution is -2.48. The summed E-state index contributed by atoms with van der Waals surface area (Å²) in [6, 6.07) is 21.7. The molecule has 0 unspecified atom stereocenters. The summed E-state index contributed by atoms with van der Waals surface area (Å²) in [5.41, 5.74) is 1.58. The first kappa shape index (κ1) is 36.8. The number of likely N-dealkylation sites (tertiary alicyclic amines) is 1. The quantitative estimate of drug-likeness (QED) is 0.119. The Morgan fingerprint density at radius 3 is 2.39 bits per heavy atom. The maximum atomic E-state index is 13.3. The molecule has 10 nitrogen and oxygen atoms in total. The number of rotatable bonds is 13. The molecule has 4 rings (SSSR count). The molecule has 0 bridgehead atoms. The second-order valence-corrected chi connectivity index (χ2v) is 13.5. The third-order valence-corrected chi connectivity index (χ3v) is 10.1. The van der Waals surface area contributed by atoms with Gasteiger partial charge in [0.15, 0.2) is 0 Å². The number of amides is 1. The minimum atomic E-state index is -3.66. The maximum Gasteiger partial charge on any atom is 0.411 e. The molecule has 0 aliphatic carbocycles. The van der Waals surface area contributed by atoms with Crippen molar-refractivity contribution in [1.29, 1.82) is 0 Å². The summed E-state index contributed by atoms with van der Waals surface area (Å²) < 4.78 is 33.4. The molecule has 1 heterocycles. The molecular formula is C33H38Cl2N4O6S. The van der Waals surface area contributed by atoms with Crippen LogP contribution in [0.5, 0.6) is 0 Å². The van der Waals surface area contributed by atoms with Crippen LogP contribution in [0.3, 0.4) is 0 Å². The molecule has 1 amide bonds. The number of non-ortho nitro benzene ring substituents is 1. The van der Waals surface area contributed by atoms with E-state index in [1.165, 1.54) is 16.4 Å². The minimum absolute atomic E-state index is 0. The van der Waals surface area contributed by atoms with Crippen molar-refractivity contribution in [2.75, 3.05) is 39.8 Å². The molecule has 0 saturated carbocycles. The van der Waals surface area contributed by atoms with E-state index in [4.69, 9.17) is 22.8 Å². The van der Waals surface area contributed by atoms with Crippen LogP contribution in [0.4, 0.5) is 10.5 Å². The van der Waals surface area contributed by atoms with Gasteiger partial charge in [0.2, 0.25) is 10.0 Å². The molecule has 1 fully saturated rings. The molecule has 0 N–H and O–H groups in total. The lowest BCUT2D eigenvalue weighted by atomic mass is 9.94. The zero-order valence-corrected chi connectivity index (χ0v) is 27.9. The van der Waals surface area contributed by atoms with Crippen molar-refractivity contribution < 1.29 is 22.9 Å². The first-order valence-electron chi connectivity index (χ1n) is 14.7. The zero-order valence-electron chi connectivity index (χ0n) is 25.5. The molecule has 3 aromatic carbocycles. The Bertz CT molecular complexity index is 1590.